The van der Waals surface area contributed by atoms with E-state index < -0.39 is 5.79 Å². The Hall–Kier alpha value is -3.72. The number of rotatable bonds is 10. The van der Waals surface area contributed by atoms with E-state index in [0.717, 1.165) is 62.1 Å². The van der Waals surface area contributed by atoms with Crippen LogP contribution in [-0.4, -0.2) is 44.6 Å². The minimum absolute atomic E-state index is 0. The molecule has 0 unspecified atom stereocenters. The van der Waals surface area contributed by atoms with Crippen LogP contribution in [0.3, 0.4) is 0 Å². The van der Waals surface area contributed by atoms with Crippen LogP contribution in [0.2, 0.25) is 0 Å². The first kappa shape index (κ1) is 30.7. The molecular formula is C35H41N3O4S. The predicted molar refractivity (Wildman–Crippen MR) is 176 cm³/mol. The molecule has 0 spiro atoms. The second-order valence-electron chi connectivity index (χ2n) is 10.9. The zero-order chi connectivity index (χ0) is 28.8. The van der Waals surface area contributed by atoms with Gasteiger partial charge >= 0.3 is 0 Å². The van der Waals surface area contributed by atoms with Crippen molar-refractivity contribution in [2.45, 2.75) is 44.7 Å². The first-order valence-corrected chi connectivity index (χ1v) is 14.8. The van der Waals surface area contributed by atoms with E-state index >= 15 is 0 Å². The Kier molecular flexibility index (Phi) is 10.1. The van der Waals surface area contributed by atoms with Gasteiger partial charge in [0.2, 0.25) is 11.8 Å². The number of methoxy groups -OCH3 is 2. The van der Waals surface area contributed by atoms with E-state index in [4.69, 9.17) is 23.9 Å². The summed E-state index contributed by atoms with van der Waals surface area (Å²) in [5.74, 6) is 0.633. The Bertz CT molecular complexity index is 1460. The summed E-state index contributed by atoms with van der Waals surface area (Å²) < 4.78 is 24.0. The lowest BCUT2D eigenvalue weighted by atomic mass is 9.96. The number of piperidine rings is 1. The van der Waals surface area contributed by atoms with E-state index in [1.165, 1.54) is 16.9 Å². The first-order valence-electron chi connectivity index (χ1n) is 14.8. The molecule has 2 aliphatic rings. The highest BCUT2D eigenvalue weighted by Crippen LogP contribution is 2.43. The van der Waals surface area contributed by atoms with Gasteiger partial charge in [0.05, 0.1) is 0 Å². The van der Waals surface area contributed by atoms with Crippen LogP contribution in [0.4, 0.5) is 17.1 Å². The molecule has 7 nitrogen and oxygen atoms in total. The predicted octanol–water partition coefficient (Wildman–Crippen LogP) is 7.03. The number of benzene rings is 3. The molecule has 0 amide bonds. The van der Waals surface area contributed by atoms with Crippen LogP contribution in [0.5, 0.6) is 11.8 Å². The van der Waals surface area contributed by atoms with E-state index in [-0.39, 0.29) is 13.5 Å². The maximum Gasteiger partial charge on any atom is 0.241 e. The van der Waals surface area contributed by atoms with Gasteiger partial charge in [0.15, 0.2) is 5.79 Å². The van der Waals surface area contributed by atoms with Gasteiger partial charge in [0, 0.05) is 64.1 Å². The van der Waals surface area contributed by atoms with Crippen LogP contribution < -0.4 is 19.3 Å². The fourth-order valence-corrected chi connectivity index (χ4v) is 6.00. The molecule has 0 aliphatic carbocycles. The lowest BCUT2D eigenvalue weighted by Crippen LogP contribution is -2.47. The molecular weight excluding hydrogens is 558 g/mol. The molecule has 2 aliphatic heterocycles. The summed E-state index contributed by atoms with van der Waals surface area (Å²) in [4.78, 5) is 9.71. The van der Waals surface area contributed by atoms with Gasteiger partial charge in [-0.05, 0) is 47.7 Å². The van der Waals surface area contributed by atoms with Crippen molar-refractivity contribution in [3.8, 4) is 11.8 Å². The molecule has 3 heterocycles. The quantitative estimate of drug-likeness (QED) is 0.182. The number of anilines is 3. The van der Waals surface area contributed by atoms with E-state index in [1.807, 2.05) is 42.5 Å². The third kappa shape index (κ3) is 6.93. The summed E-state index contributed by atoms with van der Waals surface area (Å²) >= 11 is 0. The van der Waals surface area contributed by atoms with Crippen molar-refractivity contribution in [1.82, 2.24) is 4.98 Å². The van der Waals surface area contributed by atoms with Crippen molar-refractivity contribution in [1.29, 1.82) is 0 Å². The van der Waals surface area contributed by atoms with Crippen molar-refractivity contribution in [3.63, 3.8) is 0 Å². The summed E-state index contributed by atoms with van der Waals surface area (Å²) in [7, 11) is 3.48. The van der Waals surface area contributed by atoms with E-state index in [1.54, 1.807) is 14.2 Å². The van der Waals surface area contributed by atoms with Crippen molar-refractivity contribution in [2.24, 2.45) is 0 Å². The zero-order valence-electron chi connectivity index (χ0n) is 25.0. The summed E-state index contributed by atoms with van der Waals surface area (Å²) in [6, 6.07) is 31.0. The minimum atomic E-state index is -0.488. The molecule has 0 saturated carbocycles. The molecule has 226 valence electrons. The molecule has 3 aromatic carbocycles. The number of aromatic nitrogens is 1. The van der Waals surface area contributed by atoms with Crippen molar-refractivity contribution in [2.75, 3.05) is 43.7 Å². The average Bonchev–Trinajstić information content (AvgIpc) is 3.07. The first-order chi connectivity index (χ1) is 20.7. The number of pyridine rings is 1. The van der Waals surface area contributed by atoms with Crippen LogP contribution in [0, 0.1) is 0 Å². The average molecular weight is 600 g/mol. The van der Waals surface area contributed by atoms with Gasteiger partial charge in [-0.15, -0.1) is 0 Å². The summed E-state index contributed by atoms with van der Waals surface area (Å²) in [5, 5.41) is 0. The molecule has 1 aromatic heterocycles. The standard InChI is InChI=1S/C35H39N3O4.H2S/c1-39-35(40-2)20-23-37(24-21-35)30-16-9-17-31-29(30)15-10-22-38(31)32-18-19-33(41-25-27-11-5-3-6-12-27)36-34(32)42-26-28-13-7-4-8-14-28;/h3-9,11-14,16-19H,10,15,20-26H2,1-2H3;1H2. The molecule has 8 heteroatoms. The molecule has 0 N–H and O–H groups in total. The molecule has 6 rings (SSSR count). The molecule has 1 fully saturated rings. The Balaban J connectivity index is 0.00000368. The molecule has 1 saturated heterocycles. The normalized spacial score (nSPS) is 15.8. The largest absolute Gasteiger partial charge is 0.473 e. The lowest BCUT2D eigenvalue weighted by molar-refractivity contribution is -0.216. The van der Waals surface area contributed by atoms with Crippen LogP contribution in [0.25, 0.3) is 0 Å². The van der Waals surface area contributed by atoms with E-state index in [2.05, 4.69) is 58.3 Å². The number of hydrogen-bond acceptors (Lipinski definition) is 7. The summed E-state index contributed by atoms with van der Waals surface area (Å²) in [5.41, 5.74) is 7.00. The van der Waals surface area contributed by atoms with Crippen LogP contribution in [0.15, 0.2) is 91.0 Å². The maximum atomic E-state index is 6.41. The summed E-state index contributed by atoms with van der Waals surface area (Å²) in [6.07, 6.45) is 3.74. The van der Waals surface area contributed by atoms with Gasteiger partial charge in [-0.1, -0.05) is 66.7 Å². The number of fused-ring (bicyclic) bond motifs is 1. The van der Waals surface area contributed by atoms with E-state index in [9.17, 15) is 0 Å². The maximum absolute atomic E-state index is 6.41. The van der Waals surface area contributed by atoms with Crippen LogP contribution in [0.1, 0.15) is 36.0 Å². The van der Waals surface area contributed by atoms with Gasteiger partial charge in [-0.3, -0.25) is 0 Å². The second-order valence-corrected chi connectivity index (χ2v) is 10.9. The smallest absolute Gasteiger partial charge is 0.241 e. The van der Waals surface area contributed by atoms with Crippen molar-refractivity contribution >= 4 is 30.6 Å². The molecule has 0 radical (unpaired) electrons. The highest BCUT2D eigenvalue weighted by Gasteiger charge is 2.36. The molecule has 0 bridgehead atoms. The highest BCUT2D eigenvalue weighted by atomic mass is 32.1. The Labute approximate surface area is 261 Å². The summed E-state index contributed by atoms with van der Waals surface area (Å²) in [6.45, 7) is 3.54. The Morgan fingerprint density at radius 2 is 1.30 bits per heavy atom. The van der Waals surface area contributed by atoms with Crippen molar-refractivity contribution < 1.29 is 18.9 Å². The third-order valence-corrected chi connectivity index (χ3v) is 8.39. The highest BCUT2D eigenvalue weighted by molar-refractivity contribution is 7.59. The van der Waals surface area contributed by atoms with Gasteiger partial charge in [-0.2, -0.15) is 18.5 Å². The minimum Gasteiger partial charge on any atom is -0.473 e. The number of nitrogens with zero attached hydrogens (tertiary/aromatic N) is 3. The SMILES string of the molecule is COC1(OC)CCN(c2cccc3c2CCCN3c2ccc(OCc3ccccc3)nc2OCc2ccccc2)CC1.S. The fraction of sp³-hybridized carbons (Fsp3) is 0.343. The van der Waals surface area contributed by atoms with Gasteiger partial charge in [0.1, 0.15) is 18.9 Å². The Morgan fingerprint density at radius 1 is 0.674 bits per heavy atom. The van der Waals surface area contributed by atoms with Gasteiger partial charge < -0.3 is 28.7 Å². The molecule has 43 heavy (non-hydrogen) atoms. The van der Waals surface area contributed by atoms with Crippen molar-refractivity contribution in [3.05, 3.63) is 108 Å². The zero-order valence-corrected chi connectivity index (χ0v) is 26.0. The molecule has 0 atom stereocenters. The fourth-order valence-electron chi connectivity index (χ4n) is 6.00. The monoisotopic (exact) mass is 599 g/mol. The molecule has 4 aromatic rings. The van der Waals surface area contributed by atoms with Gasteiger partial charge in [-0.25, -0.2) is 0 Å². The number of ether oxygens (including phenoxy) is 4. The Morgan fingerprint density at radius 3 is 1.95 bits per heavy atom. The lowest BCUT2D eigenvalue weighted by Gasteiger charge is -2.42. The third-order valence-electron chi connectivity index (χ3n) is 8.39. The number of hydrogen-bond donors (Lipinski definition) is 0. The van der Waals surface area contributed by atoms with Crippen LogP contribution in [-0.2, 0) is 29.1 Å². The van der Waals surface area contributed by atoms with E-state index in [0.29, 0.717) is 25.0 Å². The van der Waals surface area contributed by atoms with Crippen LogP contribution >= 0.6 is 13.5 Å². The topological polar surface area (TPSA) is 56.3 Å². The van der Waals surface area contributed by atoms with Gasteiger partial charge in [0.25, 0.3) is 0 Å². The second kappa shape index (κ2) is 14.2.